The van der Waals surface area contributed by atoms with Gasteiger partial charge in [-0.25, -0.2) is 4.39 Å². The van der Waals surface area contributed by atoms with Gasteiger partial charge in [-0.3, -0.25) is 4.90 Å². The minimum Gasteiger partial charge on any atom is -0.376 e. The minimum absolute atomic E-state index is 0.117. The molecule has 1 aromatic rings. The van der Waals surface area contributed by atoms with Gasteiger partial charge in [0.05, 0.1) is 12.7 Å². The summed E-state index contributed by atoms with van der Waals surface area (Å²) in [5.41, 5.74) is 0.775. The Morgan fingerprint density at radius 3 is 2.88 bits per heavy atom. The molecule has 0 aromatic heterocycles. The van der Waals surface area contributed by atoms with Gasteiger partial charge in [0, 0.05) is 24.7 Å². The van der Waals surface area contributed by atoms with Crippen molar-refractivity contribution in [2.45, 2.75) is 26.0 Å². The van der Waals surface area contributed by atoms with Crippen LogP contribution in [0.1, 0.15) is 25.5 Å². The van der Waals surface area contributed by atoms with Gasteiger partial charge in [0.2, 0.25) is 0 Å². The van der Waals surface area contributed by atoms with E-state index in [0.717, 1.165) is 25.3 Å². The molecule has 2 nitrogen and oxygen atoms in total. The van der Waals surface area contributed by atoms with Crippen LogP contribution >= 0.6 is 0 Å². The highest BCUT2D eigenvalue weighted by molar-refractivity contribution is 5.20. The first-order chi connectivity index (χ1) is 7.68. The van der Waals surface area contributed by atoms with Crippen molar-refractivity contribution in [2.75, 3.05) is 19.7 Å². The fourth-order valence-corrected chi connectivity index (χ4v) is 2.21. The van der Waals surface area contributed by atoms with Crippen molar-refractivity contribution in [2.24, 2.45) is 0 Å². The number of rotatable bonds is 2. The van der Waals surface area contributed by atoms with Crippen molar-refractivity contribution in [3.63, 3.8) is 0 Å². The van der Waals surface area contributed by atoms with Crippen LogP contribution in [-0.4, -0.2) is 30.7 Å². The molecule has 2 atom stereocenters. The third-order valence-corrected chi connectivity index (χ3v) is 3.18. The molecule has 0 aliphatic carbocycles. The molecule has 1 saturated heterocycles. The average molecular weight is 223 g/mol. The highest BCUT2D eigenvalue weighted by atomic mass is 19.1. The predicted molar refractivity (Wildman–Crippen MR) is 61.8 cm³/mol. The zero-order chi connectivity index (χ0) is 11.5. The average Bonchev–Trinajstić information content (AvgIpc) is 2.29. The first kappa shape index (κ1) is 11.6. The standard InChI is InChI=1S/C13H18FNO/c1-10-9-15(7-8-16-10)11(2)12-5-3-4-6-13(12)14/h3-6,10-11H,7-9H2,1-2H3. The van der Waals surface area contributed by atoms with E-state index in [0.29, 0.717) is 0 Å². The number of hydrogen-bond acceptors (Lipinski definition) is 2. The van der Waals surface area contributed by atoms with E-state index in [1.54, 1.807) is 6.07 Å². The predicted octanol–water partition coefficient (Wildman–Crippen LogP) is 2.61. The molecule has 0 radical (unpaired) electrons. The number of ether oxygens (including phenoxy) is 1. The molecule has 0 N–H and O–H groups in total. The fraction of sp³-hybridized carbons (Fsp3) is 0.538. The summed E-state index contributed by atoms with van der Waals surface area (Å²) in [5.74, 6) is -0.117. The Labute approximate surface area is 96.0 Å². The third kappa shape index (κ3) is 2.42. The maximum atomic E-state index is 13.6. The minimum atomic E-state index is -0.117. The van der Waals surface area contributed by atoms with E-state index in [1.165, 1.54) is 6.07 Å². The summed E-state index contributed by atoms with van der Waals surface area (Å²) in [6, 6.07) is 7.12. The second-order valence-electron chi connectivity index (χ2n) is 4.37. The number of hydrogen-bond donors (Lipinski definition) is 0. The lowest BCUT2D eigenvalue weighted by atomic mass is 10.1. The highest BCUT2D eigenvalue weighted by Gasteiger charge is 2.23. The summed E-state index contributed by atoms with van der Waals surface area (Å²) in [6.07, 6.45) is 0.239. The highest BCUT2D eigenvalue weighted by Crippen LogP contribution is 2.24. The Morgan fingerprint density at radius 2 is 2.19 bits per heavy atom. The van der Waals surface area contributed by atoms with E-state index in [-0.39, 0.29) is 18.0 Å². The molecule has 1 heterocycles. The molecule has 0 amide bonds. The maximum Gasteiger partial charge on any atom is 0.127 e. The van der Waals surface area contributed by atoms with E-state index in [9.17, 15) is 4.39 Å². The van der Waals surface area contributed by atoms with Crippen molar-refractivity contribution in [3.8, 4) is 0 Å². The van der Waals surface area contributed by atoms with E-state index in [4.69, 9.17) is 4.74 Å². The van der Waals surface area contributed by atoms with Crippen LogP contribution in [0, 0.1) is 5.82 Å². The second-order valence-corrected chi connectivity index (χ2v) is 4.37. The van der Waals surface area contributed by atoms with Gasteiger partial charge < -0.3 is 4.74 Å². The van der Waals surface area contributed by atoms with Gasteiger partial charge in [-0.15, -0.1) is 0 Å². The van der Waals surface area contributed by atoms with Gasteiger partial charge in [-0.2, -0.15) is 0 Å². The summed E-state index contributed by atoms with van der Waals surface area (Å²) in [5, 5.41) is 0. The zero-order valence-corrected chi connectivity index (χ0v) is 9.82. The van der Waals surface area contributed by atoms with Crippen molar-refractivity contribution in [3.05, 3.63) is 35.6 Å². The van der Waals surface area contributed by atoms with Gasteiger partial charge in [-0.1, -0.05) is 18.2 Å². The summed E-state index contributed by atoms with van der Waals surface area (Å²) in [6.45, 7) is 6.59. The Hall–Kier alpha value is -0.930. The van der Waals surface area contributed by atoms with Crippen molar-refractivity contribution < 1.29 is 9.13 Å². The number of morpholine rings is 1. The summed E-state index contributed by atoms with van der Waals surface area (Å²) >= 11 is 0. The molecule has 16 heavy (non-hydrogen) atoms. The molecule has 2 unspecified atom stereocenters. The molecule has 1 fully saturated rings. The van der Waals surface area contributed by atoms with Crippen molar-refractivity contribution in [1.82, 2.24) is 4.90 Å². The molecule has 88 valence electrons. The number of nitrogens with zero attached hydrogens (tertiary/aromatic N) is 1. The molecule has 2 rings (SSSR count). The quantitative estimate of drug-likeness (QED) is 0.764. The van der Waals surface area contributed by atoms with Crippen LogP contribution in [0.2, 0.25) is 0 Å². The molecular weight excluding hydrogens is 205 g/mol. The lowest BCUT2D eigenvalue weighted by Gasteiger charge is -2.35. The third-order valence-electron chi connectivity index (χ3n) is 3.18. The fourth-order valence-electron chi connectivity index (χ4n) is 2.21. The van der Waals surface area contributed by atoms with Crippen LogP contribution < -0.4 is 0 Å². The largest absolute Gasteiger partial charge is 0.376 e. The van der Waals surface area contributed by atoms with E-state index in [2.05, 4.69) is 18.7 Å². The summed E-state index contributed by atoms with van der Waals surface area (Å²) in [7, 11) is 0. The van der Waals surface area contributed by atoms with Crippen LogP contribution in [0.3, 0.4) is 0 Å². The van der Waals surface area contributed by atoms with Gasteiger partial charge in [0.25, 0.3) is 0 Å². The Bertz CT molecular complexity index is 356. The first-order valence-electron chi connectivity index (χ1n) is 5.78. The van der Waals surface area contributed by atoms with E-state index >= 15 is 0 Å². The van der Waals surface area contributed by atoms with Gasteiger partial charge in [0.15, 0.2) is 0 Å². The first-order valence-corrected chi connectivity index (χ1v) is 5.78. The molecule has 0 spiro atoms. The molecule has 3 heteroatoms. The number of halogens is 1. The van der Waals surface area contributed by atoms with E-state index in [1.807, 2.05) is 12.1 Å². The topological polar surface area (TPSA) is 12.5 Å². The maximum absolute atomic E-state index is 13.6. The molecule has 1 aromatic carbocycles. The monoisotopic (exact) mass is 223 g/mol. The normalized spacial score (nSPS) is 24.3. The molecule has 1 aliphatic heterocycles. The van der Waals surface area contributed by atoms with Crippen LogP contribution in [0.25, 0.3) is 0 Å². The second kappa shape index (κ2) is 4.93. The Morgan fingerprint density at radius 1 is 1.44 bits per heavy atom. The summed E-state index contributed by atoms with van der Waals surface area (Å²) in [4.78, 5) is 2.27. The van der Waals surface area contributed by atoms with Crippen molar-refractivity contribution >= 4 is 0 Å². The molecule has 0 bridgehead atoms. The van der Waals surface area contributed by atoms with E-state index < -0.39 is 0 Å². The van der Waals surface area contributed by atoms with Crippen LogP contribution in [-0.2, 0) is 4.74 Å². The van der Waals surface area contributed by atoms with Gasteiger partial charge in [-0.05, 0) is 19.9 Å². The van der Waals surface area contributed by atoms with Gasteiger partial charge in [0.1, 0.15) is 5.82 Å². The Balaban J connectivity index is 2.12. The SMILES string of the molecule is CC1CN(C(C)c2ccccc2F)CCO1. The smallest absolute Gasteiger partial charge is 0.127 e. The Kier molecular flexibility index (Phi) is 3.56. The van der Waals surface area contributed by atoms with Crippen LogP contribution in [0.4, 0.5) is 4.39 Å². The summed E-state index contributed by atoms with van der Waals surface area (Å²) < 4.78 is 19.1. The molecular formula is C13H18FNO. The molecule has 1 aliphatic rings. The van der Waals surface area contributed by atoms with Crippen LogP contribution in [0.5, 0.6) is 0 Å². The zero-order valence-electron chi connectivity index (χ0n) is 9.82. The lowest BCUT2D eigenvalue weighted by molar-refractivity contribution is -0.0323. The van der Waals surface area contributed by atoms with Crippen LogP contribution in [0.15, 0.2) is 24.3 Å². The van der Waals surface area contributed by atoms with Crippen molar-refractivity contribution in [1.29, 1.82) is 0 Å². The lowest BCUT2D eigenvalue weighted by Crippen LogP contribution is -2.42. The van der Waals surface area contributed by atoms with Gasteiger partial charge >= 0.3 is 0 Å². The molecule has 0 saturated carbocycles. The number of benzene rings is 1.